The van der Waals surface area contributed by atoms with Gasteiger partial charge in [-0.05, 0) is 31.0 Å². The van der Waals surface area contributed by atoms with E-state index < -0.39 is 16.0 Å². The summed E-state index contributed by atoms with van der Waals surface area (Å²) in [6.45, 7) is 3.86. The number of carboxylic acid groups (broad SMARTS) is 1. The van der Waals surface area contributed by atoms with Crippen LogP contribution < -0.4 is 0 Å². The molecule has 0 aromatic heterocycles. The number of sulfonamides is 1. The first-order valence-electron chi connectivity index (χ1n) is 9.45. The molecule has 3 rings (SSSR count). The Balaban J connectivity index is 1.71. The topological polar surface area (TPSA) is 77.9 Å². The standard InChI is InChI=1S/C21H26N2O4S/c1-17-7-9-19(10-8-17)28(26,27)23-15-13-22(14-16-23)20(11-12-21(24)25)18-5-3-2-4-6-18/h2-10,20H,11-16H2,1H3,(H,24,25)/t20-/m0/s1. The van der Waals surface area contributed by atoms with Crippen molar-refractivity contribution in [2.75, 3.05) is 26.2 Å². The van der Waals surface area contributed by atoms with E-state index in [1.165, 1.54) is 4.31 Å². The molecule has 6 nitrogen and oxygen atoms in total. The van der Waals surface area contributed by atoms with Crippen molar-refractivity contribution in [1.29, 1.82) is 0 Å². The zero-order valence-electron chi connectivity index (χ0n) is 16.0. The lowest BCUT2D eigenvalue weighted by atomic mass is 9.99. The third-order valence-corrected chi connectivity index (χ3v) is 7.10. The largest absolute Gasteiger partial charge is 0.481 e. The average molecular weight is 403 g/mol. The third-order valence-electron chi connectivity index (χ3n) is 5.19. The monoisotopic (exact) mass is 402 g/mol. The molecular weight excluding hydrogens is 376 g/mol. The Kier molecular flexibility index (Phi) is 6.49. The number of carboxylic acids is 1. The highest BCUT2D eigenvalue weighted by Crippen LogP contribution is 2.28. The highest BCUT2D eigenvalue weighted by molar-refractivity contribution is 7.89. The van der Waals surface area contributed by atoms with Crippen LogP contribution in [0.5, 0.6) is 0 Å². The first-order chi connectivity index (χ1) is 13.4. The molecule has 1 atom stereocenters. The van der Waals surface area contributed by atoms with E-state index >= 15 is 0 Å². The number of rotatable bonds is 7. The quantitative estimate of drug-likeness (QED) is 0.770. The Morgan fingerprint density at radius 3 is 2.18 bits per heavy atom. The van der Waals surface area contributed by atoms with Gasteiger partial charge in [0.25, 0.3) is 0 Å². The zero-order valence-corrected chi connectivity index (χ0v) is 16.8. The third kappa shape index (κ3) is 4.79. The minimum atomic E-state index is -3.51. The van der Waals surface area contributed by atoms with Gasteiger partial charge in [0.05, 0.1) is 4.90 Å². The van der Waals surface area contributed by atoms with E-state index in [2.05, 4.69) is 4.90 Å². The van der Waals surface area contributed by atoms with Gasteiger partial charge in [-0.3, -0.25) is 9.69 Å². The fourth-order valence-corrected chi connectivity index (χ4v) is 5.03. The van der Waals surface area contributed by atoms with Crippen molar-refractivity contribution in [3.8, 4) is 0 Å². The Morgan fingerprint density at radius 1 is 1.00 bits per heavy atom. The summed E-state index contributed by atoms with van der Waals surface area (Å²) in [7, 11) is -3.51. The number of aliphatic carboxylic acids is 1. The molecule has 28 heavy (non-hydrogen) atoms. The molecule has 0 aliphatic carbocycles. The van der Waals surface area contributed by atoms with Crippen LogP contribution in [0, 0.1) is 6.92 Å². The number of hydrogen-bond acceptors (Lipinski definition) is 4. The van der Waals surface area contributed by atoms with Crippen molar-refractivity contribution in [2.45, 2.75) is 30.7 Å². The van der Waals surface area contributed by atoms with E-state index in [1.807, 2.05) is 37.3 Å². The number of nitrogens with zero attached hydrogens (tertiary/aromatic N) is 2. The molecule has 1 fully saturated rings. The minimum absolute atomic E-state index is 0.0264. The van der Waals surface area contributed by atoms with Crippen molar-refractivity contribution in [3.05, 3.63) is 65.7 Å². The lowest BCUT2D eigenvalue weighted by Crippen LogP contribution is -2.49. The van der Waals surface area contributed by atoms with Crippen LogP contribution in [0.3, 0.4) is 0 Å². The van der Waals surface area contributed by atoms with Gasteiger partial charge >= 0.3 is 5.97 Å². The van der Waals surface area contributed by atoms with Gasteiger partial charge in [0, 0.05) is 38.6 Å². The van der Waals surface area contributed by atoms with Crippen molar-refractivity contribution < 1.29 is 18.3 Å². The molecule has 1 aliphatic heterocycles. The van der Waals surface area contributed by atoms with Crippen molar-refractivity contribution in [1.82, 2.24) is 9.21 Å². The molecule has 0 spiro atoms. The van der Waals surface area contributed by atoms with E-state index in [1.54, 1.807) is 24.3 Å². The van der Waals surface area contributed by atoms with Gasteiger partial charge in [-0.2, -0.15) is 4.31 Å². The van der Waals surface area contributed by atoms with E-state index in [-0.39, 0.29) is 12.5 Å². The van der Waals surface area contributed by atoms with Crippen molar-refractivity contribution >= 4 is 16.0 Å². The summed E-state index contributed by atoms with van der Waals surface area (Å²) in [6, 6.07) is 16.7. The molecular formula is C21H26N2O4S. The predicted molar refractivity (Wildman–Crippen MR) is 108 cm³/mol. The number of benzene rings is 2. The van der Waals surface area contributed by atoms with E-state index in [9.17, 15) is 13.2 Å². The fraction of sp³-hybridized carbons (Fsp3) is 0.381. The first kappa shape index (κ1) is 20.5. The van der Waals surface area contributed by atoms with Gasteiger partial charge in [-0.1, -0.05) is 48.0 Å². The number of carbonyl (C=O) groups is 1. The minimum Gasteiger partial charge on any atom is -0.481 e. The Bertz CT molecular complexity index is 890. The molecule has 2 aromatic rings. The second kappa shape index (κ2) is 8.86. The van der Waals surface area contributed by atoms with Gasteiger partial charge in [-0.25, -0.2) is 8.42 Å². The van der Waals surface area contributed by atoms with Crippen LogP contribution in [-0.2, 0) is 14.8 Å². The molecule has 1 heterocycles. The molecule has 1 saturated heterocycles. The maximum Gasteiger partial charge on any atom is 0.303 e. The molecule has 150 valence electrons. The summed E-state index contributed by atoms with van der Waals surface area (Å²) >= 11 is 0. The molecule has 0 radical (unpaired) electrons. The van der Waals surface area contributed by atoms with Crippen molar-refractivity contribution in [2.24, 2.45) is 0 Å². The van der Waals surface area contributed by atoms with Gasteiger partial charge in [-0.15, -0.1) is 0 Å². The van der Waals surface area contributed by atoms with Crippen LogP contribution in [-0.4, -0.2) is 54.9 Å². The predicted octanol–water partition coefficient (Wildman–Crippen LogP) is 2.91. The second-order valence-electron chi connectivity index (χ2n) is 7.11. The van der Waals surface area contributed by atoms with Crippen LogP contribution in [0.25, 0.3) is 0 Å². The molecule has 0 saturated carbocycles. The summed E-state index contributed by atoms with van der Waals surface area (Å²) in [5.41, 5.74) is 2.09. The Hall–Kier alpha value is -2.22. The summed E-state index contributed by atoms with van der Waals surface area (Å²) in [5.74, 6) is -0.818. The van der Waals surface area contributed by atoms with Crippen LogP contribution in [0.15, 0.2) is 59.5 Å². The maximum absolute atomic E-state index is 12.9. The first-order valence-corrected chi connectivity index (χ1v) is 10.9. The number of piperazine rings is 1. The lowest BCUT2D eigenvalue weighted by molar-refractivity contribution is -0.137. The summed E-state index contributed by atoms with van der Waals surface area (Å²) in [4.78, 5) is 13.6. The van der Waals surface area contributed by atoms with Gasteiger partial charge in [0.15, 0.2) is 0 Å². The average Bonchev–Trinajstić information content (AvgIpc) is 2.69. The summed E-state index contributed by atoms with van der Waals surface area (Å²) in [6.07, 6.45) is 0.589. The molecule has 0 unspecified atom stereocenters. The fourth-order valence-electron chi connectivity index (χ4n) is 3.61. The maximum atomic E-state index is 12.9. The van der Waals surface area contributed by atoms with Gasteiger partial charge in [0.1, 0.15) is 0 Å². The van der Waals surface area contributed by atoms with Crippen LogP contribution in [0.4, 0.5) is 0 Å². The van der Waals surface area contributed by atoms with E-state index in [4.69, 9.17) is 5.11 Å². The van der Waals surface area contributed by atoms with Crippen LogP contribution >= 0.6 is 0 Å². The molecule has 0 amide bonds. The van der Waals surface area contributed by atoms with Crippen LogP contribution in [0.2, 0.25) is 0 Å². The molecule has 7 heteroatoms. The SMILES string of the molecule is Cc1ccc(S(=O)(=O)N2CCN([C@@H](CCC(=O)O)c3ccccc3)CC2)cc1. The van der Waals surface area contributed by atoms with Gasteiger partial charge in [0.2, 0.25) is 10.0 Å². The highest BCUT2D eigenvalue weighted by Gasteiger charge is 2.31. The summed E-state index contributed by atoms with van der Waals surface area (Å²) < 4.78 is 27.3. The molecule has 0 bridgehead atoms. The van der Waals surface area contributed by atoms with Gasteiger partial charge < -0.3 is 5.11 Å². The zero-order chi connectivity index (χ0) is 20.1. The number of hydrogen-bond donors (Lipinski definition) is 1. The normalized spacial score (nSPS) is 17.3. The molecule has 2 aromatic carbocycles. The Morgan fingerprint density at radius 2 is 1.61 bits per heavy atom. The molecule has 1 N–H and O–H groups in total. The number of aryl methyl sites for hydroxylation is 1. The van der Waals surface area contributed by atoms with E-state index in [0.29, 0.717) is 37.5 Å². The lowest BCUT2D eigenvalue weighted by Gasteiger charge is -2.39. The smallest absolute Gasteiger partial charge is 0.303 e. The van der Waals surface area contributed by atoms with Crippen LogP contribution in [0.1, 0.15) is 30.0 Å². The molecule has 1 aliphatic rings. The second-order valence-corrected chi connectivity index (χ2v) is 9.05. The highest BCUT2D eigenvalue weighted by atomic mass is 32.2. The van der Waals surface area contributed by atoms with E-state index in [0.717, 1.165) is 11.1 Å². The Labute approximate surface area is 166 Å². The summed E-state index contributed by atoms with van der Waals surface area (Å²) in [5, 5.41) is 9.10. The van der Waals surface area contributed by atoms with Crippen molar-refractivity contribution in [3.63, 3.8) is 0 Å².